The number of carbonyl (C=O) groups excluding carboxylic acids is 3. The van der Waals surface area contributed by atoms with Crippen LogP contribution in [0.4, 0.5) is 0 Å². The lowest BCUT2D eigenvalue weighted by molar-refractivity contribution is -0.138. The average Bonchev–Trinajstić information content (AvgIpc) is 2.46. The van der Waals surface area contributed by atoms with Crippen molar-refractivity contribution in [1.29, 1.82) is 5.26 Å². The van der Waals surface area contributed by atoms with E-state index >= 15 is 0 Å². The molecule has 1 aliphatic heterocycles. The summed E-state index contributed by atoms with van der Waals surface area (Å²) in [5.74, 6) is -1.32. The van der Waals surface area contributed by atoms with Gasteiger partial charge in [-0.1, -0.05) is 6.92 Å². The van der Waals surface area contributed by atoms with Gasteiger partial charge in [-0.2, -0.15) is 5.26 Å². The second-order valence-electron chi connectivity index (χ2n) is 4.46. The summed E-state index contributed by atoms with van der Waals surface area (Å²) < 4.78 is 0. The van der Waals surface area contributed by atoms with Gasteiger partial charge in [0.2, 0.25) is 11.8 Å². The number of piperazine rings is 1. The van der Waals surface area contributed by atoms with Gasteiger partial charge in [-0.3, -0.25) is 19.7 Å². The topological polar surface area (TPSA) is 90.3 Å². The van der Waals surface area contributed by atoms with Gasteiger partial charge in [-0.25, -0.2) is 0 Å². The molecule has 0 aliphatic carbocycles. The van der Waals surface area contributed by atoms with Gasteiger partial charge in [0.1, 0.15) is 12.6 Å². The molecule has 0 bridgehead atoms. The minimum Gasteiger partial charge on any atom is -0.317 e. The first-order valence-corrected chi connectivity index (χ1v) is 6.21. The Hall–Kier alpha value is -2.68. The maximum absolute atomic E-state index is 12.4. The van der Waals surface area contributed by atoms with E-state index in [2.05, 4.69) is 5.32 Å². The molecule has 1 aromatic rings. The number of rotatable bonds is 2. The molecule has 1 unspecified atom stereocenters. The van der Waals surface area contributed by atoms with Gasteiger partial charge in [0.15, 0.2) is 0 Å². The van der Waals surface area contributed by atoms with E-state index in [1.54, 1.807) is 6.92 Å². The molecule has 20 heavy (non-hydrogen) atoms. The van der Waals surface area contributed by atoms with Crippen LogP contribution in [0.15, 0.2) is 24.3 Å². The number of carbonyl (C=O) groups is 3. The van der Waals surface area contributed by atoms with E-state index in [1.807, 2.05) is 6.07 Å². The third kappa shape index (κ3) is 2.52. The van der Waals surface area contributed by atoms with Crippen molar-refractivity contribution in [2.75, 3.05) is 6.54 Å². The normalized spacial score (nSPS) is 18.4. The molecule has 1 N–H and O–H groups in total. The fourth-order valence-corrected chi connectivity index (χ4v) is 2.14. The Morgan fingerprint density at radius 2 is 2.05 bits per heavy atom. The zero-order chi connectivity index (χ0) is 14.7. The maximum Gasteiger partial charge on any atom is 0.255 e. The Morgan fingerprint density at radius 1 is 1.40 bits per heavy atom. The predicted octanol–water partition coefficient (Wildman–Crippen LogP) is 0.435. The molecule has 1 atom stereocenters. The van der Waals surface area contributed by atoms with Crippen LogP contribution >= 0.6 is 0 Å². The second-order valence-corrected chi connectivity index (χ2v) is 4.46. The molecule has 0 spiro atoms. The molecule has 1 aromatic carbocycles. The number of imide groups is 1. The van der Waals surface area contributed by atoms with E-state index in [-0.39, 0.29) is 12.5 Å². The van der Waals surface area contributed by atoms with Crippen molar-refractivity contribution in [2.24, 2.45) is 0 Å². The molecule has 0 saturated carbocycles. The standard InChI is InChI=1S/C14H13N3O3/c1-2-11-13(19)16-12(18)8-17(11)14(20)10-5-3-9(7-15)4-6-10/h3-6,11H,2,8H2,1H3,(H,16,18,19). The van der Waals surface area contributed by atoms with Crippen LogP contribution in [-0.4, -0.2) is 35.2 Å². The number of amides is 3. The second kappa shape index (κ2) is 5.53. The Balaban J connectivity index is 2.27. The third-order valence-corrected chi connectivity index (χ3v) is 3.16. The van der Waals surface area contributed by atoms with Crippen LogP contribution in [0.3, 0.4) is 0 Å². The number of nitrogens with one attached hydrogen (secondary N) is 1. The highest BCUT2D eigenvalue weighted by Gasteiger charge is 2.35. The summed E-state index contributed by atoms with van der Waals surface area (Å²) in [6, 6.07) is 7.41. The van der Waals surface area contributed by atoms with E-state index in [1.165, 1.54) is 29.2 Å². The molecule has 0 radical (unpaired) electrons. The zero-order valence-electron chi connectivity index (χ0n) is 10.9. The molecule has 1 heterocycles. The Labute approximate surface area is 116 Å². The Morgan fingerprint density at radius 3 is 2.60 bits per heavy atom. The smallest absolute Gasteiger partial charge is 0.255 e. The first-order chi connectivity index (χ1) is 9.56. The molecule has 1 saturated heterocycles. The van der Waals surface area contributed by atoms with Crippen molar-refractivity contribution in [3.05, 3.63) is 35.4 Å². The molecule has 1 fully saturated rings. The molecule has 3 amide bonds. The van der Waals surface area contributed by atoms with Crippen LogP contribution < -0.4 is 5.32 Å². The van der Waals surface area contributed by atoms with E-state index in [0.717, 1.165) is 0 Å². The average molecular weight is 271 g/mol. The van der Waals surface area contributed by atoms with Gasteiger partial charge >= 0.3 is 0 Å². The van der Waals surface area contributed by atoms with Gasteiger partial charge in [-0.15, -0.1) is 0 Å². The fraction of sp³-hybridized carbons (Fsp3) is 0.286. The summed E-state index contributed by atoms with van der Waals surface area (Å²) in [6.07, 6.45) is 0.432. The molecule has 6 nitrogen and oxygen atoms in total. The number of nitriles is 1. The number of benzene rings is 1. The highest BCUT2D eigenvalue weighted by atomic mass is 16.2. The van der Waals surface area contributed by atoms with Gasteiger partial charge in [0, 0.05) is 5.56 Å². The van der Waals surface area contributed by atoms with Gasteiger partial charge in [0.05, 0.1) is 11.6 Å². The SMILES string of the molecule is CCC1C(=O)NC(=O)CN1C(=O)c1ccc(C#N)cc1. The summed E-state index contributed by atoms with van der Waals surface area (Å²) >= 11 is 0. The molecule has 2 rings (SSSR count). The lowest BCUT2D eigenvalue weighted by Gasteiger charge is -2.33. The lowest BCUT2D eigenvalue weighted by Crippen LogP contribution is -2.59. The van der Waals surface area contributed by atoms with Crippen molar-refractivity contribution in [2.45, 2.75) is 19.4 Å². The van der Waals surface area contributed by atoms with Crippen molar-refractivity contribution in [1.82, 2.24) is 10.2 Å². The number of hydrogen-bond acceptors (Lipinski definition) is 4. The van der Waals surface area contributed by atoms with E-state index in [4.69, 9.17) is 5.26 Å². The van der Waals surface area contributed by atoms with Crippen molar-refractivity contribution in [3.8, 4) is 6.07 Å². The Bertz CT molecular complexity index is 601. The summed E-state index contributed by atoms with van der Waals surface area (Å²) in [7, 11) is 0. The molecule has 1 aliphatic rings. The number of hydrogen-bond donors (Lipinski definition) is 1. The van der Waals surface area contributed by atoms with E-state index < -0.39 is 17.9 Å². The number of nitrogens with zero attached hydrogens (tertiary/aromatic N) is 2. The first-order valence-electron chi connectivity index (χ1n) is 6.21. The van der Waals surface area contributed by atoms with Crippen LogP contribution in [-0.2, 0) is 9.59 Å². The summed E-state index contributed by atoms with van der Waals surface area (Å²) in [6.45, 7) is 1.64. The van der Waals surface area contributed by atoms with Crippen molar-refractivity contribution < 1.29 is 14.4 Å². The summed E-state index contributed by atoms with van der Waals surface area (Å²) in [4.78, 5) is 36.8. The van der Waals surface area contributed by atoms with Crippen LogP contribution in [0.25, 0.3) is 0 Å². The third-order valence-electron chi connectivity index (χ3n) is 3.16. The van der Waals surface area contributed by atoms with E-state index in [9.17, 15) is 14.4 Å². The van der Waals surface area contributed by atoms with Gasteiger partial charge < -0.3 is 4.90 Å². The highest BCUT2D eigenvalue weighted by molar-refractivity contribution is 6.07. The fourth-order valence-electron chi connectivity index (χ4n) is 2.14. The van der Waals surface area contributed by atoms with Crippen molar-refractivity contribution >= 4 is 17.7 Å². The monoisotopic (exact) mass is 271 g/mol. The molecular formula is C14H13N3O3. The Kier molecular flexibility index (Phi) is 3.80. The van der Waals surface area contributed by atoms with E-state index in [0.29, 0.717) is 17.5 Å². The summed E-state index contributed by atoms with van der Waals surface area (Å²) in [5.41, 5.74) is 0.797. The summed E-state index contributed by atoms with van der Waals surface area (Å²) in [5, 5.41) is 10.9. The highest BCUT2D eigenvalue weighted by Crippen LogP contribution is 2.14. The molecular weight excluding hydrogens is 258 g/mol. The van der Waals surface area contributed by atoms with Gasteiger partial charge in [-0.05, 0) is 30.7 Å². The zero-order valence-corrected chi connectivity index (χ0v) is 10.9. The van der Waals surface area contributed by atoms with Crippen LogP contribution in [0.1, 0.15) is 29.3 Å². The van der Waals surface area contributed by atoms with Gasteiger partial charge in [0.25, 0.3) is 5.91 Å². The minimum atomic E-state index is -0.643. The van der Waals surface area contributed by atoms with Crippen LogP contribution in [0, 0.1) is 11.3 Å². The first kappa shape index (κ1) is 13.7. The molecule has 0 aromatic heterocycles. The molecule has 102 valence electrons. The van der Waals surface area contributed by atoms with Crippen molar-refractivity contribution in [3.63, 3.8) is 0 Å². The largest absolute Gasteiger partial charge is 0.317 e. The van der Waals surface area contributed by atoms with Crippen LogP contribution in [0.5, 0.6) is 0 Å². The molecule has 6 heteroatoms. The predicted molar refractivity (Wildman–Crippen MR) is 69.4 cm³/mol. The maximum atomic E-state index is 12.4. The van der Waals surface area contributed by atoms with Crippen LogP contribution in [0.2, 0.25) is 0 Å². The lowest BCUT2D eigenvalue weighted by atomic mass is 10.1. The quantitative estimate of drug-likeness (QED) is 0.790. The minimum absolute atomic E-state index is 0.136.